The van der Waals surface area contributed by atoms with Crippen molar-refractivity contribution >= 4 is 0 Å². The first-order valence-electron chi connectivity index (χ1n) is 4.20. The fourth-order valence-electron chi connectivity index (χ4n) is 1.26. The predicted molar refractivity (Wildman–Crippen MR) is 49.2 cm³/mol. The number of hydrogen-bond acceptors (Lipinski definition) is 3. The maximum atomic E-state index is 12.5. The van der Waals surface area contributed by atoms with E-state index in [0.717, 1.165) is 0 Å². The van der Waals surface area contributed by atoms with E-state index >= 15 is 0 Å². The second-order valence-electron chi connectivity index (χ2n) is 2.90. The quantitative estimate of drug-likeness (QED) is 0.780. The molecular weight excluding hydrogens is 204 g/mol. The molecule has 4 nitrogen and oxygen atoms in total. The minimum Gasteiger partial charge on any atom is -0.325 e. The summed E-state index contributed by atoms with van der Waals surface area (Å²) >= 11 is 0. The topological polar surface area (TPSA) is 82.7 Å². The molecule has 1 heterocycles. The van der Waals surface area contributed by atoms with Crippen LogP contribution in [0.4, 0.5) is 8.78 Å². The van der Waals surface area contributed by atoms with Crippen LogP contribution in [0.15, 0.2) is 10.9 Å². The molecule has 0 radical (unpaired) electrons. The van der Waals surface area contributed by atoms with Gasteiger partial charge in [0.15, 0.2) is 0 Å². The lowest BCUT2D eigenvalue weighted by Crippen LogP contribution is -2.19. The summed E-state index contributed by atoms with van der Waals surface area (Å²) < 4.78 is 25.0. The molecule has 80 valence electrons. The number of alkyl halides is 2. The summed E-state index contributed by atoms with van der Waals surface area (Å²) in [4.78, 5) is 13.5. The van der Waals surface area contributed by atoms with Gasteiger partial charge in [0.05, 0.1) is 18.1 Å². The molecule has 0 bridgehead atoms. The lowest BCUT2D eigenvalue weighted by molar-refractivity contribution is 0.148. The van der Waals surface area contributed by atoms with E-state index in [4.69, 9.17) is 11.0 Å². The van der Waals surface area contributed by atoms with E-state index in [1.165, 1.54) is 6.07 Å². The molecule has 15 heavy (non-hydrogen) atoms. The molecule has 0 spiro atoms. The number of H-pyrrole nitrogens is 1. The predicted octanol–water partition coefficient (Wildman–Crippen LogP) is 0.837. The third-order valence-electron chi connectivity index (χ3n) is 1.92. The average Bonchev–Trinajstić information content (AvgIpc) is 2.16. The zero-order valence-corrected chi connectivity index (χ0v) is 7.76. The Labute approximate surface area is 84.3 Å². The first-order valence-corrected chi connectivity index (χ1v) is 4.20. The second kappa shape index (κ2) is 4.66. The molecular formula is C9H9F2N3O. The number of nitrogens with two attached hydrogens (primary N) is 1. The number of aromatic nitrogens is 1. The number of nitriles is 1. The summed E-state index contributed by atoms with van der Waals surface area (Å²) in [5, 5.41) is 8.44. The van der Waals surface area contributed by atoms with Crippen molar-refractivity contribution in [1.29, 1.82) is 5.26 Å². The van der Waals surface area contributed by atoms with Gasteiger partial charge in [-0.1, -0.05) is 0 Å². The summed E-state index contributed by atoms with van der Waals surface area (Å²) in [5.41, 5.74) is 4.13. The highest BCUT2D eigenvalue weighted by Gasteiger charge is 2.18. The van der Waals surface area contributed by atoms with Gasteiger partial charge in [-0.15, -0.1) is 0 Å². The molecule has 0 saturated carbocycles. The standard InChI is InChI=1S/C9H9F2N3O/c10-8(11)7-5(1-2-12)3-6(4-13)14-9(7)15/h3,8H,1,4,13H2,(H,14,15). The zero-order valence-electron chi connectivity index (χ0n) is 7.76. The molecule has 1 aromatic heterocycles. The fourth-order valence-corrected chi connectivity index (χ4v) is 1.26. The summed E-state index contributed by atoms with van der Waals surface area (Å²) in [6, 6.07) is 3.06. The van der Waals surface area contributed by atoms with Gasteiger partial charge in [0, 0.05) is 12.2 Å². The summed E-state index contributed by atoms with van der Waals surface area (Å²) in [7, 11) is 0. The number of hydrogen-bond donors (Lipinski definition) is 2. The molecule has 6 heteroatoms. The maximum Gasteiger partial charge on any atom is 0.269 e. The summed E-state index contributed by atoms with van der Waals surface area (Å²) in [6.45, 7) is 0.0389. The van der Waals surface area contributed by atoms with Crippen LogP contribution in [0.3, 0.4) is 0 Å². The molecule has 0 saturated heterocycles. The van der Waals surface area contributed by atoms with Crippen molar-refractivity contribution in [2.24, 2.45) is 5.73 Å². The second-order valence-corrected chi connectivity index (χ2v) is 2.90. The van der Waals surface area contributed by atoms with Crippen LogP contribution in [0, 0.1) is 11.3 Å². The van der Waals surface area contributed by atoms with Crippen molar-refractivity contribution in [2.75, 3.05) is 0 Å². The number of nitrogens with one attached hydrogen (secondary N) is 1. The molecule has 0 atom stereocenters. The average molecular weight is 213 g/mol. The van der Waals surface area contributed by atoms with Gasteiger partial charge in [-0.05, 0) is 11.6 Å². The van der Waals surface area contributed by atoms with Crippen LogP contribution in [0.1, 0.15) is 23.2 Å². The third kappa shape index (κ3) is 2.39. The third-order valence-corrected chi connectivity index (χ3v) is 1.92. The SMILES string of the molecule is N#CCc1cc(CN)[nH]c(=O)c1C(F)F. The van der Waals surface area contributed by atoms with E-state index < -0.39 is 17.5 Å². The van der Waals surface area contributed by atoms with Gasteiger partial charge in [-0.3, -0.25) is 4.79 Å². The van der Waals surface area contributed by atoms with E-state index in [2.05, 4.69) is 4.98 Å². The van der Waals surface area contributed by atoms with Crippen LogP contribution in [0.25, 0.3) is 0 Å². The molecule has 0 aliphatic rings. The minimum atomic E-state index is -2.89. The Balaban J connectivity index is 3.37. The van der Waals surface area contributed by atoms with Crippen molar-refractivity contribution in [2.45, 2.75) is 19.4 Å². The molecule has 1 aromatic rings. The van der Waals surface area contributed by atoms with Crippen LogP contribution in [0.2, 0.25) is 0 Å². The minimum absolute atomic E-state index is 0.0386. The van der Waals surface area contributed by atoms with Crippen LogP contribution >= 0.6 is 0 Å². The first kappa shape index (κ1) is 11.3. The van der Waals surface area contributed by atoms with Crippen LogP contribution in [-0.4, -0.2) is 4.98 Å². The van der Waals surface area contributed by atoms with Crippen molar-refractivity contribution in [3.05, 3.63) is 33.2 Å². The molecule has 0 fully saturated rings. The van der Waals surface area contributed by atoms with Gasteiger partial charge in [-0.2, -0.15) is 5.26 Å². The van der Waals surface area contributed by atoms with Crippen LogP contribution in [-0.2, 0) is 13.0 Å². The van der Waals surface area contributed by atoms with Crippen molar-refractivity contribution < 1.29 is 8.78 Å². The Morgan fingerprint density at radius 1 is 1.60 bits per heavy atom. The highest BCUT2D eigenvalue weighted by Crippen LogP contribution is 2.19. The Morgan fingerprint density at radius 3 is 2.73 bits per heavy atom. The molecule has 1 rings (SSSR count). The van der Waals surface area contributed by atoms with Gasteiger partial charge in [0.25, 0.3) is 12.0 Å². The number of rotatable bonds is 3. The Hall–Kier alpha value is -1.74. The fraction of sp³-hybridized carbons (Fsp3) is 0.333. The van der Waals surface area contributed by atoms with Gasteiger partial charge >= 0.3 is 0 Å². The maximum absolute atomic E-state index is 12.5. The van der Waals surface area contributed by atoms with Gasteiger partial charge in [-0.25, -0.2) is 8.78 Å². The normalized spacial score (nSPS) is 10.3. The summed E-state index contributed by atoms with van der Waals surface area (Å²) in [6.07, 6.45) is -3.11. The van der Waals surface area contributed by atoms with E-state index in [1.807, 2.05) is 0 Å². The Bertz CT molecular complexity index is 448. The number of halogens is 2. The number of nitrogens with zero attached hydrogens (tertiary/aromatic N) is 1. The molecule has 0 amide bonds. The first-order chi connectivity index (χ1) is 7.10. The van der Waals surface area contributed by atoms with Gasteiger partial charge in [0.2, 0.25) is 0 Å². The van der Waals surface area contributed by atoms with Crippen molar-refractivity contribution in [3.8, 4) is 6.07 Å². The van der Waals surface area contributed by atoms with Crippen molar-refractivity contribution in [1.82, 2.24) is 4.98 Å². The van der Waals surface area contributed by atoms with Crippen molar-refractivity contribution in [3.63, 3.8) is 0 Å². The van der Waals surface area contributed by atoms with Crippen LogP contribution < -0.4 is 11.3 Å². The Kier molecular flexibility index (Phi) is 3.52. The number of pyridine rings is 1. The molecule has 0 unspecified atom stereocenters. The highest BCUT2D eigenvalue weighted by molar-refractivity contribution is 5.30. The number of aromatic amines is 1. The molecule has 0 aliphatic carbocycles. The largest absolute Gasteiger partial charge is 0.325 e. The lowest BCUT2D eigenvalue weighted by atomic mass is 10.1. The van der Waals surface area contributed by atoms with E-state index in [-0.39, 0.29) is 18.5 Å². The van der Waals surface area contributed by atoms with Gasteiger partial charge in [0.1, 0.15) is 0 Å². The smallest absolute Gasteiger partial charge is 0.269 e. The monoisotopic (exact) mass is 213 g/mol. The van der Waals surface area contributed by atoms with E-state index in [0.29, 0.717) is 5.69 Å². The van der Waals surface area contributed by atoms with E-state index in [1.54, 1.807) is 6.07 Å². The molecule has 3 N–H and O–H groups in total. The zero-order chi connectivity index (χ0) is 11.4. The highest BCUT2D eigenvalue weighted by atomic mass is 19.3. The summed E-state index contributed by atoms with van der Waals surface area (Å²) in [5.74, 6) is 0. The van der Waals surface area contributed by atoms with Crippen LogP contribution in [0.5, 0.6) is 0 Å². The lowest BCUT2D eigenvalue weighted by Gasteiger charge is -2.06. The molecule has 0 aromatic carbocycles. The molecule has 0 aliphatic heterocycles. The van der Waals surface area contributed by atoms with Gasteiger partial charge < -0.3 is 10.7 Å². The Morgan fingerprint density at radius 2 is 2.27 bits per heavy atom. The van der Waals surface area contributed by atoms with E-state index in [9.17, 15) is 13.6 Å².